The van der Waals surface area contributed by atoms with Crippen molar-refractivity contribution in [3.63, 3.8) is 0 Å². The zero-order valence-corrected chi connectivity index (χ0v) is 12.6. The van der Waals surface area contributed by atoms with Gasteiger partial charge in [0.25, 0.3) is 0 Å². The summed E-state index contributed by atoms with van der Waals surface area (Å²) in [7, 11) is 5.07. The standard InChI is InChI=1S/C13H23N3O5/c1-16(2)13(5-4-6-13)8-14-12(20)15-9(11(18)19)7-10(17)21-3/h9H,4-8H2,1-3H3,(H,18,19)(H2,14,15,20)/t9-/m0/s1. The van der Waals surface area contributed by atoms with Crippen molar-refractivity contribution >= 4 is 18.0 Å². The maximum absolute atomic E-state index is 11.8. The minimum absolute atomic E-state index is 0.0571. The molecule has 0 radical (unpaired) electrons. The van der Waals surface area contributed by atoms with Crippen LogP contribution in [0.2, 0.25) is 0 Å². The van der Waals surface area contributed by atoms with Crippen LogP contribution in [0.15, 0.2) is 0 Å². The molecule has 1 atom stereocenters. The van der Waals surface area contributed by atoms with Crippen LogP contribution in [0.1, 0.15) is 25.7 Å². The summed E-state index contributed by atoms with van der Waals surface area (Å²) in [5.41, 5.74) is -0.0571. The SMILES string of the molecule is COC(=O)C[C@H](NC(=O)NCC1(N(C)C)CCC1)C(=O)O. The van der Waals surface area contributed by atoms with Gasteiger partial charge in [0.05, 0.1) is 13.5 Å². The molecule has 0 aliphatic heterocycles. The Morgan fingerprint density at radius 3 is 2.33 bits per heavy atom. The van der Waals surface area contributed by atoms with Gasteiger partial charge in [-0.25, -0.2) is 9.59 Å². The number of carbonyl (C=O) groups excluding carboxylic acids is 2. The van der Waals surface area contributed by atoms with Crippen LogP contribution in [0.3, 0.4) is 0 Å². The van der Waals surface area contributed by atoms with Gasteiger partial charge in [-0.1, -0.05) is 0 Å². The van der Waals surface area contributed by atoms with Crippen molar-refractivity contribution in [2.24, 2.45) is 0 Å². The molecule has 0 aromatic rings. The van der Waals surface area contributed by atoms with Crippen LogP contribution in [-0.2, 0) is 14.3 Å². The second-order valence-corrected chi connectivity index (χ2v) is 5.47. The van der Waals surface area contributed by atoms with Crippen molar-refractivity contribution in [2.75, 3.05) is 27.7 Å². The number of rotatable bonds is 7. The van der Waals surface area contributed by atoms with E-state index in [2.05, 4.69) is 20.3 Å². The van der Waals surface area contributed by atoms with Gasteiger partial charge in [-0.15, -0.1) is 0 Å². The maximum Gasteiger partial charge on any atom is 0.326 e. The minimum Gasteiger partial charge on any atom is -0.480 e. The molecule has 0 unspecified atom stereocenters. The summed E-state index contributed by atoms with van der Waals surface area (Å²) in [4.78, 5) is 36.0. The first-order valence-corrected chi connectivity index (χ1v) is 6.82. The number of nitrogens with one attached hydrogen (secondary N) is 2. The summed E-state index contributed by atoms with van der Waals surface area (Å²) in [6.45, 7) is 0.441. The van der Waals surface area contributed by atoms with Crippen molar-refractivity contribution in [2.45, 2.75) is 37.3 Å². The summed E-state index contributed by atoms with van der Waals surface area (Å²) in [6, 6.07) is -1.89. The van der Waals surface area contributed by atoms with Crippen LogP contribution >= 0.6 is 0 Å². The lowest BCUT2D eigenvalue weighted by atomic mass is 9.75. The van der Waals surface area contributed by atoms with E-state index in [1.54, 1.807) is 0 Å². The number of methoxy groups -OCH3 is 1. The molecule has 1 rings (SSSR count). The van der Waals surface area contributed by atoms with Crippen LogP contribution in [0.4, 0.5) is 4.79 Å². The number of urea groups is 1. The molecule has 0 bridgehead atoms. The van der Waals surface area contributed by atoms with Crippen molar-refractivity contribution in [3.8, 4) is 0 Å². The van der Waals surface area contributed by atoms with E-state index in [-0.39, 0.29) is 5.54 Å². The number of esters is 1. The van der Waals surface area contributed by atoms with Crippen molar-refractivity contribution in [3.05, 3.63) is 0 Å². The number of ether oxygens (including phenoxy) is 1. The lowest BCUT2D eigenvalue weighted by Crippen LogP contribution is -2.59. The molecular weight excluding hydrogens is 278 g/mol. The highest BCUT2D eigenvalue weighted by Crippen LogP contribution is 2.35. The molecule has 1 saturated carbocycles. The topological polar surface area (TPSA) is 108 Å². The van der Waals surface area contributed by atoms with Crippen LogP contribution in [0.25, 0.3) is 0 Å². The molecule has 0 saturated heterocycles. The van der Waals surface area contributed by atoms with E-state index in [1.165, 1.54) is 7.11 Å². The lowest BCUT2D eigenvalue weighted by molar-refractivity contribution is -0.147. The van der Waals surface area contributed by atoms with Gasteiger partial charge < -0.3 is 25.4 Å². The molecule has 2 amide bonds. The average Bonchev–Trinajstić information content (AvgIpc) is 2.35. The summed E-state index contributed by atoms with van der Waals surface area (Å²) in [5.74, 6) is -1.96. The summed E-state index contributed by atoms with van der Waals surface area (Å²) in [6.07, 6.45) is 2.69. The van der Waals surface area contributed by atoms with E-state index in [9.17, 15) is 14.4 Å². The highest BCUT2D eigenvalue weighted by atomic mass is 16.5. The number of hydrogen-bond acceptors (Lipinski definition) is 5. The number of carbonyl (C=O) groups is 3. The third-order valence-corrected chi connectivity index (χ3v) is 4.01. The molecule has 21 heavy (non-hydrogen) atoms. The Hall–Kier alpha value is -1.83. The summed E-state index contributed by atoms with van der Waals surface area (Å²) >= 11 is 0. The number of carboxylic acid groups (broad SMARTS) is 1. The minimum atomic E-state index is -1.30. The fourth-order valence-corrected chi connectivity index (χ4v) is 2.27. The zero-order valence-electron chi connectivity index (χ0n) is 12.6. The van der Waals surface area contributed by atoms with Crippen LogP contribution in [-0.4, -0.2) is 67.3 Å². The average molecular weight is 301 g/mol. The predicted molar refractivity (Wildman–Crippen MR) is 74.9 cm³/mol. The molecule has 8 heteroatoms. The van der Waals surface area contributed by atoms with Gasteiger partial charge in [0.2, 0.25) is 0 Å². The Morgan fingerprint density at radius 2 is 1.95 bits per heavy atom. The number of aliphatic carboxylic acids is 1. The highest BCUT2D eigenvalue weighted by Gasteiger charge is 2.39. The molecule has 0 spiro atoms. The van der Waals surface area contributed by atoms with E-state index in [4.69, 9.17) is 5.11 Å². The summed E-state index contributed by atoms with van der Waals surface area (Å²) in [5, 5.41) is 13.9. The Morgan fingerprint density at radius 1 is 1.33 bits per heavy atom. The van der Waals surface area contributed by atoms with Gasteiger partial charge in [-0.05, 0) is 33.4 Å². The Labute approximate surface area is 123 Å². The van der Waals surface area contributed by atoms with E-state index < -0.39 is 30.4 Å². The van der Waals surface area contributed by atoms with Crippen LogP contribution < -0.4 is 10.6 Å². The predicted octanol–water partition coefficient (Wildman–Crippen LogP) is -0.214. The molecule has 8 nitrogen and oxygen atoms in total. The van der Waals surface area contributed by atoms with Crippen LogP contribution in [0.5, 0.6) is 0 Å². The first-order valence-electron chi connectivity index (χ1n) is 6.82. The lowest BCUT2D eigenvalue weighted by Gasteiger charge is -2.47. The second kappa shape index (κ2) is 7.26. The largest absolute Gasteiger partial charge is 0.480 e. The Kier molecular flexibility index (Phi) is 5.95. The van der Waals surface area contributed by atoms with E-state index in [0.717, 1.165) is 19.3 Å². The Bertz CT molecular complexity index is 407. The van der Waals surface area contributed by atoms with E-state index in [0.29, 0.717) is 6.54 Å². The molecular formula is C13H23N3O5. The zero-order chi connectivity index (χ0) is 16.0. The van der Waals surface area contributed by atoms with Gasteiger partial charge in [0.1, 0.15) is 6.04 Å². The van der Waals surface area contributed by atoms with Gasteiger partial charge >= 0.3 is 18.0 Å². The normalized spacial score (nSPS) is 17.5. The number of amides is 2. The highest BCUT2D eigenvalue weighted by molar-refractivity contribution is 5.86. The maximum atomic E-state index is 11.8. The molecule has 1 aliphatic rings. The van der Waals surface area contributed by atoms with Gasteiger partial charge in [0, 0.05) is 12.1 Å². The molecule has 0 heterocycles. The first kappa shape index (κ1) is 17.2. The van der Waals surface area contributed by atoms with Crippen molar-refractivity contribution in [1.82, 2.24) is 15.5 Å². The smallest absolute Gasteiger partial charge is 0.326 e. The number of carboxylic acids is 1. The number of nitrogens with zero attached hydrogens (tertiary/aromatic N) is 1. The molecule has 120 valence electrons. The summed E-state index contributed by atoms with van der Waals surface area (Å²) < 4.78 is 4.40. The third-order valence-electron chi connectivity index (χ3n) is 4.01. The monoisotopic (exact) mass is 301 g/mol. The molecule has 1 aliphatic carbocycles. The van der Waals surface area contributed by atoms with Gasteiger partial charge in [0.15, 0.2) is 0 Å². The Balaban J connectivity index is 2.47. The van der Waals surface area contributed by atoms with E-state index >= 15 is 0 Å². The fraction of sp³-hybridized carbons (Fsp3) is 0.769. The molecule has 0 aromatic carbocycles. The molecule has 1 fully saturated rings. The fourth-order valence-electron chi connectivity index (χ4n) is 2.27. The number of hydrogen-bond donors (Lipinski definition) is 3. The second-order valence-electron chi connectivity index (χ2n) is 5.47. The van der Waals surface area contributed by atoms with Gasteiger partial charge in [-0.2, -0.15) is 0 Å². The van der Waals surface area contributed by atoms with Crippen molar-refractivity contribution < 1.29 is 24.2 Å². The van der Waals surface area contributed by atoms with Gasteiger partial charge in [-0.3, -0.25) is 4.79 Å². The quantitative estimate of drug-likeness (QED) is 0.561. The van der Waals surface area contributed by atoms with Crippen LogP contribution in [0, 0.1) is 0 Å². The number of likely N-dealkylation sites (N-methyl/N-ethyl adjacent to an activating group) is 1. The third kappa shape index (κ3) is 4.59. The molecule has 3 N–H and O–H groups in total. The van der Waals surface area contributed by atoms with E-state index in [1.807, 2.05) is 14.1 Å². The van der Waals surface area contributed by atoms with Crippen molar-refractivity contribution in [1.29, 1.82) is 0 Å². The molecule has 0 aromatic heterocycles. The first-order chi connectivity index (χ1) is 9.80.